The third kappa shape index (κ3) is 5.22. The molecule has 0 fully saturated rings. The molecule has 0 aliphatic carbocycles. The summed E-state index contributed by atoms with van der Waals surface area (Å²) in [4.78, 5) is 0. The summed E-state index contributed by atoms with van der Waals surface area (Å²) in [5, 5.41) is 8.36. The Labute approximate surface area is 275 Å². The number of hydrogen-bond acceptors (Lipinski definition) is 2. The van der Waals surface area contributed by atoms with Crippen molar-refractivity contribution in [2.24, 2.45) is 5.73 Å². The van der Waals surface area contributed by atoms with Crippen LogP contribution in [0.25, 0.3) is 66.2 Å². The first-order valence-electron chi connectivity index (χ1n) is 16.1. The summed E-state index contributed by atoms with van der Waals surface area (Å²) < 4.78 is 2.43. The van der Waals surface area contributed by atoms with Gasteiger partial charge in [0.25, 0.3) is 0 Å². The Hall–Kier alpha value is -6.06. The van der Waals surface area contributed by atoms with E-state index in [1.54, 1.807) is 0 Å². The van der Waals surface area contributed by atoms with Crippen molar-refractivity contribution < 1.29 is 0 Å². The summed E-state index contributed by atoms with van der Waals surface area (Å²) in [7, 11) is 0. The van der Waals surface area contributed by atoms with Crippen LogP contribution in [-0.2, 0) is 0 Å². The monoisotopic (exact) mass is 605 g/mol. The van der Waals surface area contributed by atoms with Gasteiger partial charge in [0.1, 0.15) is 0 Å². The van der Waals surface area contributed by atoms with Gasteiger partial charge < -0.3 is 15.6 Å². The molecule has 0 spiro atoms. The van der Waals surface area contributed by atoms with Crippen LogP contribution in [0.1, 0.15) is 24.1 Å². The second-order valence-corrected chi connectivity index (χ2v) is 12.0. The number of benzene rings is 6. The minimum absolute atomic E-state index is 0.203. The molecule has 7 aromatic rings. The van der Waals surface area contributed by atoms with Crippen LogP contribution in [0.5, 0.6) is 0 Å². The predicted octanol–water partition coefficient (Wildman–Crippen LogP) is 10.9. The highest BCUT2D eigenvalue weighted by molar-refractivity contribution is 6.19. The topological polar surface area (TPSA) is 43.0 Å². The highest BCUT2D eigenvalue weighted by Crippen LogP contribution is 2.39. The van der Waals surface area contributed by atoms with E-state index in [9.17, 15) is 0 Å². The molecular formula is C44H35N3. The summed E-state index contributed by atoms with van der Waals surface area (Å²) in [6, 6.07) is 46.6. The van der Waals surface area contributed by atoms with E-state index in [1.165, 1.54) is 60.4 Å². The van der Waals surface area contributed by atoms with Gasteiger partial charge in [0.05, 0.1) is 17.1 Å². The van der Waals surface area contributed by atoms with E-state index in [0.717, 1.165) is 16.9 Å². The Morgan fingerprint density at radius 1 is 0.681 bits per heavy atom. The number of dihydropyridines is 1. The zero-order valence-electron chi connectivity index (χ0n) is 26.3. The Morgan fingerprint density at radius 2 is 1.36 bits per heavy atom. The first kappa shape index (κ1) is 28.4. The number of rotatable bonds is 6. The highest BCUT2D eigenvalue weighted by atomic mass is 15.0. The lowest BCUT2D eigenvalue weighted by Crippen LogP contribution is -2.14. The average molecular weight is 606 g/mol. The van der Waals surface area contributed by atoms with E-state index in [0.29, 0.717) is 0 Å². The zero-order chi connectivity index (χ0) is 31.7. The standard InChI is InChI=1S/C44H35N3/c1-2-3-11-41(45)32-17-13-30(14-18-32)34-21-24-38-36(28-34)23-26-40-39-25-22-35(29-43(39)47(44(38)40)37-9-5-4-6-10-37)31-15-19-33(20-16-31)42-12-7-8-27-46-42/h2-29,42,46H,45H2,1H3/b3-2-,41-11-. The summed E-state index contributed by atoms with van der Waals surface area (Å²) in [6.07, 6.45) is 14.2. The molecule has 1 aliphatic rings. The molecule has 0 amide bonds. The second kappa shape index (κ2) is 12.0. The Kier molecular flexibility index (Phi) is 7.28. The quantitative estimate of drug-likeness (QED) is 0.185. The van der Waals surface area contributed by atoms with Crippen LogP contribution in [0.4, 0.5) is 0 Å². The lowest BCUT2D eigenvalue weighted by Gasteiger charge is -2.16. The van der Waals surface area contributed by atoms with E-state index in [4.69, 9.17) is 5.73 Å². The van der Waals surface area contributed by atoms with Crippen molar-refractivity contribution in [3.05, 3.63) is 181 Å². The van der Waals surface area contributed by atoms with E-state index in [1.807, 2.05) is 37.4 Å². The number of nitrogens with zero attached hydrogens (tertiary/aromatic N) is 1. The number of nitrogens with one attached hydrogen (secondary N) is 1. The molecule has 6 aromatic carbocycles. The maximum Gasteiger partial charge on any atom is 0.0695 e. The molecule has 3 nitrogen and oxygen atoms in total. The molecule has 3 heteroatoms. The van der Waals surface area contributed by atoms with Crippen molar-refractivity contribution in [1.29, 1.82) is 0 Å². The van der Waals surface area contributed by atoms with Crippen molar-refractivity contribution in [2.75, 3.05) is 0 Å². The fraction of sp³-hybridized carbons (Fsp3) is 0.0455. The number of hydrogen-bond donors (Lipinski definition) is 2. The number of fused-ring (bicyclic) bond motifs is 5. The van der Waals surface area contributed by atoms with Crippen LogP contribution in [0, 0.1) is 0 Å². The summed E-state index contributed by atoms with van der Waals surface area (Å²) in [5.41, 5.74) is 17.6. The van der Waals surface area contributed by atoms with Crippen LogP contribution in [0.3, 0.4) is 0 Å². The van der Waals surface area contributed by atoms with Crippen LogP contribution >= 0.6 is 0 Å². The molecular weight excluding hydrogens is 571 g/mol. The largest absolute Gasteiger partial charge is 0.398 e. The van der Waals surface area contributed by atoms with Crippen molar-refractivity contribution in [1.82, 2.24) is 9.88 Å². The van der Waals surface area contributed by atoms with Gasteiger partial charge in [-0.15, -0.1) is 0 Å². The van der Waals surface area contributed by atoms with E-state index < -0.39 is 0 Å². The number of aromatic nitrogens is 1. The normalized spacial score (nSPS) is 14.8. The number of allylic oxidation sites excluding steroid dienone is 5. The third-order valence-electron chi connectivity index (χ3n) is 9.17. The van der Waals surface area contributed by atoms with Gasteiger partial charge in [-0.2, -0.15) is 0 Å². The van der Waals surface area contributed by atoms with Crippen LogP contribution < -0.4 is 11.1 Å². The molecule has 0 saturated carbocycles. The fourth-order valence-corrected chi connectivity index (χ4v) is 6.73. The molecule has 1 aromatic heterocycles. The molecule has 0 radical (unpaired) electrons. The summed E-state index contributed by atoms with van der Waals surface area (Å²) in [5.74, 6) is 0. The fourth-order valence-electron chi connectivity index (χ4n) is 6.73. The molecule has 1 unspecified atom stereocenters. The molecule has 3 N–H and O–H groups in total. The summed E-state index contributed by atoms with van der Waals surface area (Å²) in [6.45, 7) is 1.99. The van der Waals surface area contributed by atoms with Gasteiger partial charge in [-0.05, 0) is 88.3 Å². The lowest BCUT2D eigenvalue weighted by molar-refractivity contribution is 0.746. The maximum absolute atomic E-state index is 6.27. The Morgan fingerprint density at radius 3 is 2.09 bits per heavy atom. The Balaban J connectivity index is 1.24. The van der Waals surface area contributed by atoms with Crippen molar-refractivity contribution in [3.8, 4) is 27.9 Å². The van der Waals surface area contributed by atoms with E-state index in [-0.39, 0.29) is 6.04 Å². The molecule has 47 heavy (non-hydrogen) atoms. The molecule has 0 bridgehead atoms. The van der Waals surface area contributed by atoms with Gasteiger partial charge >= 0.3 is 0 Å². The molecule has 2 heterocycles. The van der Waals surface area contributed by atoms with E-state index in [2.05, 4.69) is 149 Å². The zero-order valence-corrected chi connectivity index (χ0v) is 26.3. The minimum Gasteiger partial charge on any atom is -0.398 e. The Bertz CT molecular complexity index is 2370. The van der Waals surface area contributed by atoms with Crippen LogP contribution in [-0.4, -0.2) is 4.57 Å². The first-order valence-corrected chi connectivity index (χ1v) is 16.1. The van der Waals surface area contributed by atoms with Crippen molar-refractivity contribution in [3.63, 3.8) is 0 Å². The lowest BCUT2D eigenvalue weighted by atomic mass is 9.97. The molecule has 1 aliphatic heterocycles. The predicted molar refractivity (Wildman–Crippen MR) is 200 cm³/mol. The van der Waals surface area contributed by atoms with Gasteiger partial charge in [0.2, 0.25) is 0 Å². The summed E-state index contributed by atoms with van der Waals surface area (Å²) >= 11 is 0. The molecule has 1 atom stereocenters. The third-order valence-corrected chi connectivity index (χ3v) is 9.17. The number of para-hydroxylation sites is 1. The molecule has 8 rings (SSSR count). The number of nitrogens with two attached hydrogens (primary N) is 1. The van der Waals surface area contributed by atoms with Crippen LogP contribution in [0.15, 0.2) is 170 Å². The maximum atomic E-state index is 6.27. The van der Waals surface area contributed by atoms with Crippen LogP contribution in [0.2, 0.25) is 0 Å². The smallest absolute Gasteiger partial charge is 0.0695 e. The minimum atomic E-state index is 0.203. The first-order chi connectivity index (χ1) is 23.2. The molecule has 226 valence electrons. The van der Waals surface area contributed by atoms with Gasteiger partial charge in [-0.1, -0.05) is 127 Å². The van der Waals surface area contributed by atoms with E-state index >= 15 is 0 Å². The van der Waals surface area contributed by atoms with Gasteiger partial charge in [-0.25, -0.2) is 0 Å². The van der Waals surface area contributed by atoms with Gasteiger partial charge in [0, 0.05) is 27.5 Å². The van der Waals surface area contributed by atoms with Gasteiger partial charge in [0.15, 0.2) is 0 Å². The highest BCUT2D eigenvalue weighted by Gasteiger charge is 2.17. The van der Waals surface area contributed by atoms with Crippen molar-refractivity contribution in [2.45, 2.75) is 13.0 Å². The SMILES string of the molecule is C/C=C\C=C(/N)c1ccc(-c2ccc3c(ccc4c5ccc(-c6ccc(C7C=CC=CN7)cc6)cc5n(-c5ccccc5)c34)c2)cc1. The second-order valence-electron chi connectivity index (χ2n) is 12.0. The average Bonchev–Trinajstić information content (AvgIpc) is 3.48. The molecule has 0 saturated heterocycles. The van der Waals surface area contributed by atoms with Crippen molar-refractivity contribution >= 4 is 38.3 Å². The van der Waals surface area contributed by atoms with Gasteiger partial charge in [-0.3, -0.25) is 0 Å².